The lowest BCUT2D eigenvalue weighted by molar-refractivity contribution is 0.590. The standard InChI is InChI=1S/C18H23N/c1-18(2,3)16-10-8-14(9-11-16)12-15-6-5-7-17(13-15)19-4/h5-11,13,19H,12H2,1-4H3. The number of hydrogen-bond donors (Lipinski definition) is 1. The first kappa shape index (κ1) is 13.7. The Kier molecular flexibility index (Phi) is 3.94. The predicted octanol–water partition coefficient (Wildman–Crippen LogP) is 4.62. The second kappa shape index (κ2) is 5.48. The van der Waals surface area contributed by atoms with E-state index in [9.17, 15) is 0 Å². The molecule has 0 aliphatic rings. The zero-order valence-electron chi connectivity index (χ0n) is 12.3. The zero-order chi connectivity index (χ0) is 13.9. The van der Waals surface area contributed by atoms with E-state index in [4.69, 9.17) is 0 Å². The molecule has 0 radical (unpaired) electrons. The van der Waals surface area contributed by atoms with Gasteiger partial charge < -0.3 is 5.32 Å². The summed E-state index contributed by atoms with van der Waals surface area (Å²) in [5.41, 5.74) is 5.49. The van der Waals surface area contributed by atoms with Crippen LogP contribution in [0.1, 0.15) is 37.5 Å². The van der Waals surface area contributed by atoms with Crippen molar-refractivity contribution in [2.75, 3.05) is 12.4 Å². The van der Waals surface area contributed by atoms with Gasteiger partial charge in [0.25, 0.3) is 0 Å². The summed E-state index contributed by atoms with van der Waals surface area (Å²) in [4.78, 5) is 0. The highest BCUT2D eigenvalue weighted by atomic mass is 14.8. The first-order valence-electron chi connectivity index (χ1n) is 6.85. The first-order chi connectivity index (χ1) is 8.99. The van der Waals surface area contributed by atoms with Gasteiger partial charge in [-0.25, -0.2) is 0 Å². The van der Waals surface area contributed by atoms with Crippen LogP contribution in [-0.4, -0.2) is 7.05 Å². The van der Waals surface area contributed by atoms with Crippen molar-refractivity contribution in [1.29, 1.82) is 0 Å². The summed E-state index contributed by atoms with van der Waals surface area (Å²) in [5, 5.41) is 3.18. The van der Waals surface area contributed by atoms with Gasteiger partial charge in [-0.2, -0.15) is 0 Å². The van der Waals surface area contributed by atoms with Gasteiger partial charge in [-0.05, 0) is 40.7 Å². The summed E-state index contributed by atoms with van der Waals surface area (Å²) < 4.78 is 0. The molecule has 0 spiro atoms. The Labute approximate surface area is 116 Å². The molecule has 1 N–H and O–H groups in total. The molecule has 0 atom stereocenters. The molecule has 1 heteroatoms. The normalized spacial score (nSPS) is 11.4. The molecule has 0 saturated heterocycles. The lowest BCUT2D eigenvalue weighted by Gasteiger charge is -2.19. The number of anilines is 1. The SMILES string of the molecule is CNc1cccc(Cc2ccc(C(C)(C)C)cc2)c1. The molecule has 100 valence electrons. The lowest BCUT2D eigenvalue weighted by Crippen LogP contribution is -2.10. The van der Waals surface area contributed by atoms with E-state index in [-0.39, 0.29) is 5.41 Å². The van der Waals surface area contributed by atoms with Crippen LogP contribution in [-0.2, 0) is 11.8 Å². The molecule has 0 aromatic heterocycles. The minimum Gasteiger partial charge on any atom is -0.388 e. The van der Waals surface area contributed by atoms with Crippen molar-refractivity contribution in [3.8, 4) is 0 Å². The molecule has 2 aromatic carbocycles. The largest absolute Gasteiger partial charge is 0.388 e. The highest BCUT2D eigenvalue weighted by Crippen LogP contribution is 2.23. The van der Waals surface area contributed by atoms with Crippen molar-refractivity contribution >= 4 is 5.69 Å². The molecule has 0 fully saturated rings. The third kappa shape index (κ3) is 3.60. The lowest BCUT2D eigenvalue weighted by atomic mass is 9.86. The molecule has 2 rings (SSSR count). The summed E-state index contributed by atoms with van der Waals surface area (Å²) in [7, 11) is 1.96. The van der Waals surface area contributed by atoms with E-state index in [0.29, 0.717) is 0 Å². The van der Waals surface area contributed by atoms with Crippen LogP contribution in [0.2, 0.25) is 0 Å². The molecule has 0 bridgehead atoms. The monoisotopic (exact) mass is 253 g/mol. The van der Waals surface area contributed by atoms with Crippen molar-refractivity contribution < 1.29 is 0 Å². The van der Waals surface area contributed by atoms with E-state index in [1.807, 2.05) is 7.05 Å². The third-order valence-corrected chi connectivity index (χ3v) is 3.44. The van der Waals surface area contributed by atoms with Gasteiger partial charge in [0, 0.05) is 12.7 Å². The molecule has 0 saturated carbocycles. The fourth-order valence-electron chi connectivity index (χ4n) is 2.20. The Hall–Kier alpha value is -1.76. The third-order valence-electron chi connectivity index (χ3n) is 3.44. The maximum Gasteiger partial charge on any atom is 0.0340 e. The molecule has 2 aromatic rings. The summed E-state index contributed by atoms with van der Waals surface area (Å²) in [6, 6.07) is 17.6. The van der Waals surface area contributed by atoms with Gasteiger partial charge in [0.15, 0.2) is 0 Å². The number of benzene rings is 2. The van der Waals surface area contributed by atoms with Crippen molar-refractivity contribution in [2.45, 2.75) is 32.6 Å². The predicted molar refractivity (Wildman–Crippen MR) is 83.9 cm³/mol. The van der Waals surface area contributed by atoms with Gasteiger partial charge in [0.2, 0.25) is 0 Å². The summed E-state index contributed by atoms with van der Waals surface area (Å²) >= 11 is 0. The molecule has 0 heterocycles. The van der Waals surface area contributed by atoms with E-state index in [0.717, 1.165) is 6.42 Å². The Morgan fingerprint density at radius 3 is 2.16 bits per heavy atom. The van der Waals surface area contributed by atoms with Crippen molar-refractivity contribution in [2.24, 2.45) is 0 Å². The second-order valence-corrected chi connectivity index (χ2v) is 6.07. The maximum atomic E-state index is 3.18. The average Bonchev–Trinajstić information content (AvgIpc) is 2.38. The van der Waals surface area contributed by atoms with Crippen LogP contribution < -0.4 is 5.32 Å². The fraction of sp³-hybridized carbons (Fsp3) is 0.333. The summed E-state index contributed by atoms with van der Waals surface area (Å²) in [6.45, 7) is 6.75. The fourth-order valence-corrected chi connectivity index (χ4v) is 2.20. The highest BCUT2D eigenvalue weighted by Gasteiger charge is 2.12. The van der Waals surface area contributed by atoms with Gasteiger partial charge in [-0.15, -0.1) is 0 Å². The quantitative estimate of drug-likeness (QED) is 0.842. The molecular formula is C18H23N. The van der Waals surface area contributed by atoms with Crippen LogP contribution in [0.15, 0.2) is 48.5 Å². The van der Waals surface area contributed by atoms with Gasteiger partial charge in [-0.3, -0.25) is 0 Å². The van der Waals surface area contributed by atoms with Crippen LogP contribution in [0.25, 0.3) is 0 Å². The Bertz CT molecular complexity index is 532. The molecule has 0 aliphatic carbocycles. The van der Waals surface area contributed by atoms with Crippen LogP contribution in [0.3, 0.4) is 0 Å². The van der Waals surface area contributed by atoms with E-state index in [1.54, 1.807) is 0 Å². The molecular weight excluding hydrogens is 230 g/mol. The number of rotatable bonds is 3. The van der Waals surface area contributed by atoms with E-state index < -0.39 is 0 Å². The van der Waals surface area contributed by atoms with Crippen molar-refractivity contribution in [3.63, 3.8) is 0 Å². The minimum absolute atomic E-state index is 0.227. The minimum atomic E-state index is 0.227. The zero-order valence-corrected chi connectivity index (χ0v) is 12.3. The smallest absolute Gasteiger partial charge is 0.0340 e. The Morgan fingerprint density at radius 2 is 1.58 bits per heavy atom. The maximum absolute atomic E-state index is 3.18. The summed E-state index contributed by atoms with van der Waals surface area (Å²) in [6.07, 6.45) is 0.986. The molecule has 1 nitrogen and oxygen atoms in total. The van der Waals surface area contributed by atoms with Crippen LogP contribution in [0.5, 0.6) is 0 Å². The van der Waals surface area contributed by atoms with Gasteiger partial charge in [0.1, 0.15) is 0 Å². The van der Waals surface area contributed by atoms with Gasteiger partial charge in [-0.1, -0.05) is 57.2 Å². The van der Waals surface area contributed by atoms with Crippen LogP contribution in [0, 0.1) is 0 Å². The van der Waals surface area contributed by atoms with Gasteiger partial charge >= 0.3 is 0 Å². The molecule has 19 heavy (non-hydrogen) atoms. The first-order valence-corrected chi connectivity index (χ1v) is 6.85. The molecule has 0 amide bonds. The topological polar surface area (TPSA) is 12.0 Å². The molecule has 0 unspecified atom stereocenters. The summed E-state index contributed by atoms with van der Waals surface area (Å²) in [5.74, 6) is 0. The van der Waals surface area contributed by atoms with E-state index in [2.05, 4.69) is 74.6 Å². The number of nitrogens with one attached hydrogen (secondary N) is 1. The van der Waals surface area contributed by atoms with E-state index in [1.165, 1.54) is 22.4 Å². The van der Waals surface area contributed by atoms with Crippen LogP contribution in [0.4, 0.5) is 5.69 Å². The number of hydrogen-bond acceptors (Lipinski definition) is 1. The second-order valence-electron chi connectivity index (χ2n) is 6.07. The Balaban J connectivity index is 2.15. The van der Waals surface area contributed by atoms with Gasteiger partial charge in [0.05, 0.1) is 0 Å². The Morgan fingerprint density at radius 1 is 0.895 bits per heavy atom. The molecule has 0 aliphatic heterocycles. The van der Waals surface area contributed by atoms with Crippen molar-refractivity contribution in [1.82, 2.24) is 0 Å². The van der Waals surface area contributed by atoms with Crippen molar-refractivity contribution in [3.05, 3.63) is 65.2 Å². The average molecular weight is 253 g/mol. The van der Waals surface area contributed by atoms with Crippen LogP contribution >= 0.6 is 0 Å². The van der Waals surface area contributed by atoms with E-state index >= 15 is 0 Å². The highest BCUT2D eigenvalue weighted by molar-refractivity contribution is 5.46.